The minimum Gasteiger partial charge on any atom is -0.507 e. The second-order valence-electron chi connectivity index (χ2n) is 6.90. The Labute approximate surface area is 179 Å². The predicted molar refractivity (Wildman–Crippen MR) is 110 cm³/mol. The number of phenolic OH excluding ortho intramolecular Hbond substituents is 1. The quantitative estimate of drug-likeness (QED) is 0.347. The zero-order valence-electron chi connectivity index (χ0n) is 16.2. The topological polar surface area (TPSA) is 78.0 Å². The van der Waals surface area contributed by atoms with Crippen molar-refractivity contribution in [2.75, 3.05) is 5.32 Å². The maximum absolute atomic E-state index is 13.5. The normalized spacial score (nSPS) is 11.4. The van der Waals surface area contributed by atoms with E-state index in [4.69, 9.17) is 0 Å². The van der Waals surface area contributed by atoms with Gasteiger partial charge in [-0.25, -0.2) is 4.39 Å². The van der Waals surface area contributed by atoms with E-state index in [1.54, 1.807) is 18.2 Å². The number of carbonyl (C=O) groups excluding carboxylic acids is 1. The molecule has 0 aliphatic rings. The van der Waals surface area contributed by atoms with Crippen molar-refractivity contribution < 1.29 is 27.5 Å². The van der Waals surface area contributed by atoms with Crippen LogP contribution >= 0.6 is 0 Å². The summed E-state index contributed by atoms with van der Waals surface area (Å²) in [4.78, 5) is 12.4. The Balaban J connectivity index is 1.53. The van der Waals surface area contributed by atoms with Gasteiger partial charge in [0.05, 0.1) is 22.5 Å². The second-order valence-corrected chi connectivity index (χ2v) is 6.90. The maximum atomic E-state index is 13.5. The average molecular weight is 441 g/mol. The molecule has 162 valence electrons. The molecular weight excluding hydrogens is 426 g/mol. The standard InChI is InChI=1S/C23H15F4N3O2/c24-14-7-10-21(31)17(11-14)20-12-19(29-30-20)13-5-8-15(9-6-13)28-22(32)16-3-1-2-4-18(16)23(25,26)27/h1-12,31H,(H,28,32)(H,29,30). The molecule has 0 saturated carbocycles. The summed E-state index contributed by atoms with van der Waals surface area (Å²) >= 11 is 0. The van der Waals surface area contributed by atoms with Crippen LogP contribution in [0.1, 0.15) is 15.9 Å². The van der Waals surface area contributed by atoms with Gasteiger partial charge in [-0.2, -0.15) is 18.3 Å². The number of H-pyrrole nitrogens is 1. The minimum atomic E-state index is -4.65. The molecule has 9 heteroatoms. The molecule has 1 aromatic heterocycles. The zero-order valence-corrected chi connectivity index (χ0v) is 16.2. The lowest BCUT2D eigenvalue weighted by Crippen LogP contribution is -2.18. The van der Waals surface area contributed by atoms with Gasteiger partial charge in [0.25, 0.3) is 5.91 Å². The SMILES string of the molecule is O=C(Nc1ccc(-c2cc(-c3cc(F)ccc3O)n[nH]2)cc1)c1ccccc1C(F)(F)F. The molecular formula is C23H15F4N3O2. The molecule has 3 aromatic carbocycles. The molecule has 32 heavy (non-hydrogen) atoms. The molecule has 0 spiro atoms. The molecule has 4 rings (SSSR count). The Morgan fingerprint density at radius 3 is 2.41 bits per heavy atom. The number of rotatable bonds is 4. The van der Waals surface area contributed by atoms with Crippen LogP contribution in [0, 0.1) is 5.82 Å². The summed E-state index contributed by atoms with van der Waals surface area (Å²) in [7, 11) is 0. The first-order chi connectivity index (χ1) is 15.2. The molecule has 0 unspecified atom stereocenters. The van der Waals surface area contributed by atoms with Gasteiger partial charge >= 0.3 is 6.18 Å². The van der Waals surface area contributed by atoms with Crippen LogP contribution in [0.3, 0.4) is 0 Å². The van der Waals surface area contributed by atoms with Crippen molar-refractivity contribution in [3.8, 4) is 28.3 Å². The van der Waals surface area contributed by atoms with Crippen molar-refractivity contribution in [2.24, 2.45) is 0 Å². The number of aromatic nitrogens is 2. The van der Waals surface area contributed by atoms with Crippen LogP contribution in [0.25, 0.3) is 22.5 Å². The van der Waals surface area contributed by atoms with E-state index < -0.39 is 29.0 Å². The number of aromatic amines is 1. The number of halogens is 4. The Bertz CT molecular complexity index is 1280. The molecule has 0 radical (unpaired) electrons. The van der Waals surface area contributed by atoms with Crippen molar-refractivity contribution in [1.82, 2.24) is 10.2 Å². The van der Waals surface area contributed by atoms with E-state index in [1.807, 2.05) is 0 Å². The van der Waals surface area contributed by atoms with Gasteiger partial charge in [0.2, 0.25) is 0 Å². The lowest BCUT2D eigenvalue weighted by Gasteiger charge is -2.12. The van der Waals surface area contributed by atoms with Crippen LogP contribution in [-0.2, 0) is 6.18 Å². The smallest absolute Gasteiger partial charge is 0.417 e. The summed E-state index contributed by atoms with van der Waals surface area (Å²) in [5, 5.41) is 19.2. The Kier molecular flexibility index (Phi) is 5.40. The highest BCUT2D eigenvalue weighted by Crippen LogP contribution is 2.33. The van der Waals surface area contributed by atoms with E-state index in [9.17, 15) is 27.5 Å². The largest absolute Gasteiger partial charge is 0.507 e. The van der Waals surface area contributed by atoms with Gasteiger partial charge in [0.15, 0.2) is 0 Å². The molecule has 0 fully saturated rings. The molecule has 1 amide bonds. The van der Waals surface area contributed by atoms with Crippen LogP contribution < -0.4 is 5.32 Å². The maximum Gasteiger partial charge on any atom is 0.417 e. The number of nitrogens with zero attached hydrogens (tertiary/aromatic N) is 1. The van der Waals surface area contributed by atoms with Crippen molar-refractivity contribution in [3.63, 3.8) is 0 Å². The van der Waals surface area contributed by atoms with Crippen LogP contribution in [0.15, 0.2) is 72.8 Å². The van der Waals surface area contributed by atoms with Gasteiger partial charge in [0, 0.05) is 11.3 Å². The second kappa shape index (κ2) is 8.18. The molecule has 0 aliphatic heterocycles. The lowest BCUT2D eigenvalue weighted by molar-refractivity contribution is -0.137. The number of aromatic hydroxyl groups is 1. The van der Waals surface area contributed by atoms with Gasteiger partial charge < -0.3 is 10.4 Å². The third-order valence-electron chi connectivity index (χ3n) is 4.74. The molecule has 0 atom stereocenters. The predicted octanol–water partition coefficient (Wildman–Crippen LogP) is 5.86. The fraction of sp³-hybridized carbons (Fsp3) is 0.0435. The van der Waals surface area contributed by atoms with E-state index in [-0.39, 0.29) is 11.3 Å². The highest BCUT2D eigenvalue weighted by atomic mass is 19.4. The van der Waals surface area contributed by atoms with E-state index in [0.717, 1.165) is 24.3 Å². The number of hydrogen-bond acceptors (Lipinski definition) is 3. The van der Waals surface area contributed by atoms with Crippen LogP contribution in [0.2, 0.25) is 0 Å². The van der Waals surface area contributed by atoms with Crippen molar-refractivity contribution in [2.45, 2.75) is 6.18 Å². The Morgan fingerprint density at radius 2 is 1.69 bits per heavy atom. The van der Waals surface area contributed by atoms with Crippen molar-refractivity contribution in [3.05, 3.63) is 89.7 Å². The molecule has 1 heterocycles. The molecule has 5 nitrogen and oxygen atoms in total. The Morgan fingerprint density at radius 1 is 0.969 bits per heavy atom. The van der Waals surface area contributed by atoms with Gasteiger partial charge in [-0.05, 0) is 54.1 Å². The number of nitrogens with one attached hydrogen (secondary N) is 2. The van der Waals surface area contributed by atoms with Crippen molar-refractivity contribution >= 4 is 11.6 Å². The number of anilines is 1. The molecule has 0 bridgehead atoms. The van der Waals surface area contributed by atoms with Crippen LogP contribution in [0.5, 0.6) is 5.75 Å². The molecule has 4 aromatic rings. The summed E-state index contributed by atoms with van der Waals surface area (Å²) in [6.07, 6.45) is -4.65. The summed E-state index contributed by atoms with van der Waals surface area (Å²) in [6, 6.07) is 16.0. The number of phenols is 1. The molecule has 3 N–H and O–H groups in total. The van der Waals surface area contributed by atoms with Gasteiger partial charge in [-0.3, -0.25) is 9.89 Å². The fourth-order valence-corrected chi connectivity index (χ4v) is 3.18. The van der Waals surface area contributed by atoms with Gasteiger partial charge in [-0.15, -0.1) is 0 Å². The summed E-state index contributed by atoms with van der Waals surface area (Å²) in [6.45, 7) is 0. The molecule has 0 saturated heterocycles. The van der Waals surface area contributed by atoms with Crippen molar-refractivity contribution in [1.29, 1.82) is 0 Å². The zero-order chi connectivity index (χ0) is 22.9. The highest BCUT2D eigenvalue weighted by Gasteiger charge is 2.34. The summed E-state index contributed by atoms with van der Waals surface area (Å²) < 4.78 is 52.9. The van der Waals surface area contributed by atoms with E-state index in [1.165, 1.54) is 30.3 Å². The first kappa shape index (κ1) is 21.1. The number of amides is 1. The van der Waals surface area contributed by atoms with E-state index in [0.29, 0.717) is 22.6 Å². The third-order valence-corrected chi connectivity index (χ3v) is 4.74. The number of carbonyl (C=O) groups is 1. The average Bonchev–Trinajstić information content (AvgIpc) is 3.25. The lowest BCUT2D eigenvalue weighted by atomic mass is 10.1. The Hall–Kier alpha value is -4.14. The van der Waals surface area contributed by atoms with Gasteiger partial charge in [-0.1, -0.05) is 24.3 Å². The number of hydrogen-bond donors (Lipinski definition) is 3. The first-order valence-corrected chi connectivity index (χ1v) is 9.34. The summed E-state index contributed by atoms with van der Waals surface area (Å²) in [5.74, 6) is -1.52. The fourth-order valence-electron chi connectivity index (χ4n) is 3.18. The minimum absolute atomic E-state index is 0.123. The van der Waals surface area contributed by atoms with Gasteiger partial charge in [0.1, 0.15) is 11.6 Å². The van der Waals surface area contributed by atoms with Crippen LogP contribution in [0.4, 0.5) is 23.2 Å². The van der Waals surface area contributed by atoms with E-state index >= 15 is 0 Å². The number of benzene rings is 3. The monoisotopic (exact) mass is 441 g/mol. The third kappa shape index (κ3) is 4.31. The number of alkyl halides is 3. The van der Waals surface area contributed by atoms with E-state index in [2.05, 4.69) is 15.5 Å². The summed E-state index contributed by atoms with van der Waals surface area (Å²) in [5.41, 5.74) is 0.588. The first-order valence-electron chi connectivity index (χ1n) is 9.34. The molecule has 0 aliphatic carbocycles. The van der Waals surface area contributed by atoms with Crippen LogP contribution in [-0.4, -0.2) is 21.2 Å². The highest BCUT2D eigenvalue weighted by molar-refractivity contribution is 6.05.